The SMILES string of the molecule is COC(=O)CCNC1=C(C#N)C(=O)c2cccc3c(SC4CCCC4)ccc1c23. The van der Waals surface area contributed by atoms with Crippen LogP contribution in [0.1, 0.15) is 48.0 Å². The van der Waals surface area contributed by atoms with Gasteiger partial charge in [-0.25, -0.2) is 0 Å². The van der Waals surface area contributed by atoms with E-state index in [0.717, 1.165) is 16.3 Å². The lowest BCUT2D eigenvalue weighted by Crippen LogP contribution is -2.24. The van der Waals surface area contributed by atoms with Crippen LogP contribution in [-0.4, -0.2) is 30.7 Å². The zero-order valence-electron chi connectivity index (χ0n) is 16.3. The first kappa shape index (κ1) is 19.5. The minimum absolute atomic E-state index is 0.0889. The van der Waals surface area contributed by atoms with Crippen LogP contribution in [0.2, 0.25) is 0 Å². The van der Waals surface area contributed by atoms with E-state index in [9.17, 15) is 14.9 Å². The van der Waals surface area contributed by atoms with Crippen molar-refractivity contribution in [3.05, 3.63) is 47.0 Å². The summed E-state index contributed by atoms with van der Waals surface area (Å²) in [6, 6.07) is 11.9. The minimum atomic E-state index is -0.340. The Labute approximate surface area is 174 Å². The van der Waals surface area contributed by atoms with Crippen molar-refractivity contribution >= 4 is 40.0 Å². The molecule has 0 spiro atoms. The van der Waals surface area contributed by atoms with E-state index in [1.165, 1.54) is 37.7 Å². The molecule has 5 nitrogen and oxygen atoms in total. The first-order chi connectivity index (χ1) is 14.1. The van der Waals surface area contributed by atoms with Crippen molar-refractivity contribution in [2.75, 3.05) is 13.7 Å². The summed E-state index contributed by atoms with van der Waals surface area (Å²) < 4.78 is 4.68. The summed E-state index contributed by atoms with van der Waals surface area (Å²) in [4.78, 5) is 25.7. The van der Waals surface area contributed by atoms with Crippen LogP contribution >= 0.6 is 11.8 Å². The molecule has 6 heteroatoms. The number of carbonyl (C=O) groups is 2. The number of rotatable bonds is 6. The Morgan fingerprint density at radius 1 is 1.24 bits per heavy atom. The van der Waals surface area contributed by atoms with Crippen LogP contribution in [0.4, 0.5) is 0 Å². The van der Waals surface area contributed by atoms with Gasteiger partial charge in [-0.1, -0.05) is 37.1 Å². The van der Waals surface area contributed by atoms with Crippen molar-refractivity contribution in [2.45, 2.75) is 42.2 Å². The number of esters is 1. The Balaban J connectivity index is 1.77. The fraction of sp³-hybridized carbons (Fsp3) is 0.348. The van der Waals surface area contributed by atoms with Gasteiger partial charge in [0.2, 0.25) is 5.78 Å². The molecule has 29 heavy (non-hydrogen) atoms. The second kappa shape index (κ2) is 8.30. The number of nitrogens with one attached hydrogen (secondary N) is 1. The number of hydrogen-bond donors (Lipinski definition) is 1. The predicted molar refractivity (Wildman–Crippen MR) is 114 cm³/mol. The molecule has 0 radical (unpaired) electrons. The van der Waals surface area contributed by atoms with Crippen LogP contribution in [-0.2, 0) is 9.53 Å². The Morgan fingerprint density at radius 2 is 2.03 bits per heavy atom. The van der Waals surface area contributed by atoms with Crippen molar-refractivity contribution in [1.82, 2.24) is 5.32 Å². The second-order valence-electron chi connectivity index (χ2n) is 7.31. The number of ketones is 1. The number of nitriles is 1. The third-order valence-corrected chi connectivity index (χ3v) is 6.97. The van der Waals surface area contributed by atoms with Crippen molar-refractivity contribution in [2.24, 2.45) is 0 Å². The third kappa shape index (κ3) is 3.63. The standard InChI is InChI=1S/C23H22N2O3S/c1-28-20(26)11-12-25-22-16-9-10-19(29-14-5-2-3-6-14)15-7-4-8-17(21(15)16)23(27)18(22)13-24/h4,7-10,14,25H,2-3,5-6,11-12H2,1H3. The first-order valence-electron chi connectivity index (χ1n) is 9.86. The first-order valence-corrected chi connectivity index (χ1v) is 10.7. The van der Waals surface area contributed by atoms with Crippen molar-refractivity contribution < 1.29 is 14.3 Å². The zero-order chi connectivity index (χ0) is 20.4. The summed E-state index contributed by atoms with van der Waals surface area (Å²) in [6.07, 6.45) is 5.17. The maximum atomic E-state index is 13.0. The number of thioether (sulfide) groups is 1. The quantitative estimate of drug-likeness (QED) is 0.714. The molecule has 0 saturated heterocycles. The molecule has 0 aromatic heterocycles. The highest BCUT2D eigenvalue weighted by molar-refractivity contribution is 8.00. The Kier molecular flexibility index (Phi) is 5.59. The second-order valence-corrected chi connectivity index (χ2v) is 8.65. The number of allylic oxidation sites excluding steroid dienone is 1. The van der Waals surface area contributed by atoms with Crippen LogP contribution in [0, 0.1) is 11.3 Å². The van der Waals surface area contributed by atoms with Gasteiger partial charge in [0.25, 0.3) is 0 Å². The molecular weight excluding hydrogens is 384 g/mol. The molecule has 0 atom stereocenters. The highest BCUT2D eigenvalue weighted by Gasteiger charge is 2.29. The summed E-state index contributed by atoms with van der Waals surface area (Å²) in [5.74, 6) is -0.609. The Hall–Kier alpha value is -2.78. The molecule has 148 valence electrons. The molecule has 0 unspecified atom stereocenters. The van der Waals surface area contributed by atoms with Gasteiger partial charge in [0.05, 0.1) is 19.2 Å². The maximum Gasteiger partial charge on any atom is 0.307 e. The van der Waals surface area contributed by atoms with Crippen molar-refractivity contribution in [1.29, 1.82) is 5.26 Å². The topological polar surface area (TPSA) is 79.2 Å². The van der Waals surface area contributed by atoms with Gasteiger partial charge in [0.1, 0.15) is 11.6 Å². The van der Waals surface area contributed by atoms with Gasteiger partial charge in [-0.3, -0.25) is 9.59 Å². The molecule has 2 aliphatic rings. The van der Waals surface area contributed by atoms with E-state index in [2.05, 4.69) is 28.3 Å². The fourth-order valence-corrected chi connectivity index (χ4v) is 5.50. The molecule has 0 amide bonds. The summed E-state index contributed by atoms with van der Waals surface area (Å²) in [6.45, 7) is 0.294. The van der Waals surface area contributed by atoms with Gasteiger partial charge < -0.3 is 10.1 Å². The molecule has 1 N–H and O–H groups in total. The summed E-state index contributed by atoms with van der Waals surface area (Å²) in [5, 5.41) is 15.3. The average Bonchev–Trinajstić information content (AvgIpc) is 3.25. The number of benzene rings is 2. The normalized spacial score (nSPS) is 16.2. The van der Waals surface area contributed by atoms with Crippen LogP contribution in [0.25, 0.3) is 16.5 Å². The lowest BCUT2D eigenvalue weighted by Gasteiger charge is -2.23. The summed E-state index contributed by atoms with van der Waals surface area (Å²) in [5.41, 5.74) is 2.00. The van der Waals surface area contributed by atoms with Gasteiger partial charge in [-0.15, -0.1) is 11.8 Å². The van der Waals surface area contributed by atoms with E-state index in [-0.39, 0.29) is 23.7 Å². The van der Waals surface area contributed by atoms with Gasteiger partial charge in [0.15, 0.2) is 0 Å². The van der Waals surface area contributed by atoms with E-state index in [1.807, 2.05) is 23.9 Å². The summed E-state index contributed by atoms with van der Waals surface area (Å²) in [7, 11) is 1.34. The number of methoxy groups -OCH3 is 1. The van der Waals surface area contributed by atoms with Gasteiger partial charge in [0, 0.05) is 33.2 Å². The molecule has 2 aromatic carbocycles. The maximum absolute atomic E-state index is 13.0. The molecule has 0 heterocycles. The molecular formula is C23H22N2O3S. The van der Waals surface area contributed by atoms with Gasteiger partial charge >= 0.3 is 5.97 Å². The number of hydrogen-bond acceptors (Lipinski definition) is 6. The van der Waals surface area contributed by atoms with E-state index >= 15 is 0 Å². The molecule has 1 fully saturated rings. The van der Waals surface area contributed by atoms with Crippen LogP contribution in [0.3, 0.4) is 0 Å². The third-order valence-electron chi connectivity index (χ3n) is 5.56. The van der Waals surface area contributed by atoms with Gasteiger partial charge in [-0.2, -0.15) is 5.26 Å². The van der Waals surface area contributed by atoms with Crippen LogP contribution in [0.15, 0.2) is 40.8 Å². The van der Waals surface area contributed by atoms with Crippen molar-refractivity contribution in [3.8, 4) is 6.07 Å². The van der Waals surface area contributed by atoms with E-state index in [4.69, 9.17) is 0 Å². The van der Waals surface area contributed by atoms with Crippen LogP contribution in [0.5, 0.6) is 0 Å². The van der Waals surface area contributed by atoms with Crippen molar-refractivity contribution in [3.63, 3.8) is 0 Å². The molecule has 4 rings (SSSR count). The molecule has 0 aliphatic heterocycles. The number of ether oxygens (including phenoxy) is 1. The largest absolute Gasteiger partial charge is 0.469 e. The van der Waals surface area contributed by atoms with E-state index < -0.39 is 0 Å². The fourth-order valence-electron chi connectivity index (χ4n) is 4.13. The number of nitrogens with zero attached hydrogens (tertiary/aromatic N) is 1. The van der Waals surface area contributed by atoms with E-state index in [0.29, 0.717) is 23.1 Å². The zero-order valence-corrected chi connectivity index (χ0v) is 17.1. The highest BCUT2D eigenvalue weighted by Crippen LogP contribution is 2.42. The monoisotopic (exact) mass is 406 g/mol. The molecule has 1 saturated carbocycles. The van der Waals surface area contributed by atoms with Gasteiger partial charge in [-0.05, 0) is 24.3 Å². The molecule has 2 aromatic rings. The van der Waals surface area contributed by atoms with E-state index in [1.54, 1.807) is 6.07 Å². The molecule has 2 aliphatic carbocycles. The average molecular weight is 407 g/mol. The highest BCUT2D eigenvalue weighted by atomic mass is 32.2. The minimum Gasteiger partial charge on any atom is -0.469 e. The lowest BCUT2D eigenvalue weighted by atomic mass is 9.86. The van der Waals surface area contributed by atoms with Crippen LogP contribution < -0.4 is 5.32 Å². The lowest BCUT2D eigenvalue weighted by molar-refractivity contribution is -0.140. The number of Topliss-reactive ketones (excluding diaryl/α,β-unsaturated/α-hetero) is 1. The smallest absolute Gasteiger partial charge is 0.307 e. The Morgan fingerprint density at radius 3 is 2.76 bits per heavy atom. The Bertz CT molecular complexity index is 1060. The molecule has 0 bridgehead atoms. The summed E-state index contributed by atoms with van der Waals surface area (Å²) >= 11 is 1.89. The predicted octanol–water partition coefficient (Wildman–Crippen LogP) is 4.46. The number of carbonyl (C=O) groups excluding carboxylic acids is 2.